The molecule has 42 heavy (non-hydrogen) atoms. The van der Waals surface area contributed by atoms with Gasteiger partial charge in [0, 0.05) is 27.3 Å². The number of hydrogen-bond donors (Lipinski definition) is 0. The minimum Gasteiger partial charge on any atom is -0.309 e. The average molecular weight is 533 g/mol. The number of hydrogen-bond acceptors (Lipinski definition) is 1. The van der Waals surface area contributed by atoms with Crippen LogP contribution in [0.5, 0.6) is 0 Å². The molecule has 194 valence electrons. The zero-order valence-electron chi connectivity index (χ0n) is 22.8. The zero-order chi connectivity index (χ0) is 27.4. The maximum atomic E-state index is 5.37. The Morgan fingerprint density at radius 3 is 2.07 bits per heavy atom. The highest BCUT2D eigenvalue weighted by molar-refractivity contribution is 6.14. The Labute approximate surface area is 243 Å². The lowest BCUT2D eigenvalue weighted by Crippen LogP contribution is -2.33. The number of benzene rings is 6. The largest absolute Gasteiger partial charge is 0.309 e. The lowest BCUT2D eigenvalue weighted by Gasteiger charge is -2.40. The van der Waals surface area contributed by atoms with Gasteiger partial charge in [-0.25, -0.2) is 4.98 Å². The van der Waals surface area contributed by atoms with Crippen LogP contribution in [0.25, 0.3) is 60.8 Å². The van der Waals surface area contributed by atoms with E-state index in [0.29, 0.717) is 0 Å². The van der Waals surface area contributed by atoms with Crippen molar-refractivity contribution in [1.29, 1.82) is 0 Å². The number of para-hydroxylation sites is 4. The van der Waals surface area contributed by atoms with E-state index < -0.39 is 5.41 Å². The van der Waals surface area contributed by atoms with Gasteiger partial charge < -0.3 is 4.57 Å². The van der Waals surface area contributed by atoms with Crippen molar-refractivity contribution in [2.75, 3.05) is 0 Å². The summed E-state index contributed by atoms with van der Waals surface area (Å²) < 4.78 is 2.50. The molecule has 2 aliphatic rings. The standard InChI is InChI=1S/C40H24N2/c1-2-13-25(14-3-1)38-36-28-16-4-7-19-30(28)40(37(36)29-17-5-9-22-33(29)41-38)31-20-8-11-24-35(31)42-34-23-10-6-15-26(34)27-18-12-21-32(40)39(27)42/h1-24H. The fourth-order valence-electron chi connectivity index (χ4n) is 8.09. The first-order valence-electron chi connectivity index (χ1n) is 14.6. The van der Waals surface area contributed by atoms with Gasteiger partial charge in [-0.05, 0) is 46.0 Å². The van der Waals surface area contributed by atoms with E-state index in [9.17, 15) is 0 Å². The van der Waals surface area contributed by atoms with Crippen molar-refractivity contribution in [3.05, 3.63) is 168 Å². The summed E-state index contributed by atoms with van der Waals surface area (Å²) >= 11 is 0. The van der Waals surface area contributed by atoms with Gasteiger partial charge in [-0.15, -0.1) is 0 Å². The van der Waals surface area contributed by atoms with Crippen LogP contribution in [0.2, 0.25) is 0 Å². The van der Waals surface area contributed by atoms with Crippen LogP contribution in [0.3, 0.4) is 0 Å². The van der Waals surface area contributed by atoms with Gasteiger partial charge in [-0.3, -0.25) is 0 Å². The molecule has 6 aromatic carbocycles. The number of pyridine rings is 1. The first-order chi connectivity index (χ1) is 20.9. The van der Waals surface area contributed by atoms with Crippen LogP contribution in [0.15, 0.2) is 146 Å². The summed E-state index contributed by atoms with van der Waals surface area (Å²) in [5.41, 5.74) is 14.3. The third kappa shape index (κ3) is 2.50. The van der Waals surface area contributed by atoms with Crippen molar-refractivity contribution >= 4 is 32.7 Å². The van der Waals surface area contributed by atoms with Gasteiger partial charge in [0.15, 0.2) is 0 Å². The second kappa shape index (κ2) is 7.84. The lowest BCUT2D eigenvalue weighted by atomic mass is 9.64. The van der Waals surface area contributed by atoms with Gasteiger partial charge in [-0.1, -0.05) is 127 Å². The maximum Gasteiger partial charge on any atom is 0.0791 e. The Morgan fingerprint density at radius 1 is 0.500 bits per heavy atom. The molecule has 1 aliphatic carbocycles. The smallest absolute Gasteiger partial charge is 0.0791 e. The van der Waals surface area contributed by atoms with E-state index in [1.165, 1.54) is 66.3 Å². The van der Waals surface area contributed by atoms with Crippen molar-refractivity contribution in [1.82, 2.24) is 9.55 Å². The van der Waals surface area contributed by atoms with Gasteiger partial charge in [0.05, 0.1) is 33.3 Å². The third-order valence-electron chi connectivity index (χ3n) is 9.56. The topological polar surface area (TPSA) is 17.8 Å². The van der Waals surface area contributed by atoms with E-state index in [0.717, 1.165) is 16.8 Å². The van der Waals surface area contributed by atoms with Crippen molar-refractivity contribution in [3.63, 3.8) is 0 Å². The van der Waals surface area contributed by atoms with Crippen LogP contribution in [0.4, 0.5) is 0 Å². The molecule has 2 nitrogen and oxygen atoms in total. The summed E-state index contributed by atoms with van der Waals surface area (Å²) in [6.07, 6.45) is 0. The van der Waals surface area contributed by atoms with Crippen LogP contribution in [0, 0.1) is 0 Å². The van der Waals surface area contributed by atoms with Crippen molar-refractivity contribution in [3.8, 4) is 28.1 Å². The van der Waals surface area contributed by atoms with Crippen LogP contribution in [0.1, 0.15) is 22.3 Å². The Kier molecular flexibility index (Phi) is 4.15. The van der Waals surface area contributed by atoms with Crippen molar-refractivity contribution < 1.29 is 0 Å². The van der Waals surface area contributed by atoms with E-state index in [2.05, 4.69) is 150 Å². The molecular weight excluding hydrogens is 508 g/mol. The Bertz CT molecular complexity index is 2410. The molecule has 0 fully saturated rings. The van der Waals surface area contributed by atoms with Crippen molar-refractivity contribution in [2.24, 2.45) is 0 Å². The first-order valence-corrected chi connectivity index (χ1v) is 14.6. The van der Waals surface area contributed by atoms with E-state index in [1.807, 2.05) is 0 Å². The molecule has 10 rings (SSSR count). The van der Waals surface area contributed by atoms with E-state index in [4.69, 9.17) is 4.98 Å². The van der Waals surface area contributed by atoms with E-state index >= 15 is 0 Å². The predicted octanol–water partition coefficient (Wildman–Crippen LogP) is 9.68. The molecule has 8 aromatic rings. The van der Waals surface area contributed by atoms with Crippen LogP contribution in [-0.4, -0.2) is 9.55 Å². The van der Waals surface area contributed by atoms with Gasteiger partial charge in [0.25, 0.3) is 0 Å². The normalized spacial score (nSPS) is 16.2. The number of aromatic nitrogens is 2. The summed E-state index contributed by atoms with van der Waals surface area (Å²) in [6.45, 7) is 0. The van der Waals surface area contributed by atoms with Gasteiger partial charge >= 0.3 is 0 Å². The fraction of sp³-hybridized carbons (Fsp3) is 0.0250. The molecule has 1 atom stereocenters. The first kappa shape index (κ1) is 22.2. The molecule has 2 aromatic heterocycles. The third-order valence-corrected chi connectivity index (χ3v) is 9.56. The van der Waals surface area contributed by atoms with Gasteiger partial charge in [0.1, 0.15) is 0 Å². The molecule has 0 radical (unpaired) electrons. The Morgan fingerprint density at radius 2 is 1.17 bits per heavy atom. The van der Waals surface area contributed by atoms with Crippen LogP contribution >= 0.6 is 0 Å². The maximum absolute atomic E-state index is 5.37. The Hall–Kier alpha value is -5.47. The molecule has 1 aliphatic heterocycles. The van der Waals surface area contributed by atoms with Gasteiger partial charge in [-0.2, -0.15) is 0 Å². The van der Waals surface area contributed by atoms with Crippen molar-refractivity contribution in [2.45, 2.75) is 5.41 Å². The summed E-state index contributed by atoms with van der Waals surface area (Å²) in [4.78, 5) is 5.37. The molecule has 0 amide bonds. The van der Waals surface area contributed by atoms with Gasteiger partial charge in [0.2, 0.25) is 0 Å². The molecule has 1 unspecified atom stereocenters. The fourth-order valence-corrected chi connectivity index (χ4v) is 8.09. The molecule has 3 heterocycles. The minimum atomic E-state index is -0.502. The molecule has 2 heteroatoms. The molecule has 0 bridgehead atoms. The highest BCUT2D eigenvalue weighted by atomic mass is 15.0. The summed E-state index contributed by atoms with van der Waals surface area (Å²) in [7, 11) is 0. The number of nitrogens with zero attached hydrogens (tertiary/aromatic N) is 2. The quantitative estimate of drug-likeness (QED) is 0.206. The molecular formula is C40H24N2. The molecule has 0 saturated heterocycles. The predicted molar refractivity (Wildman–Crippen MR) is 172 cm³/mol. The molecule has 0 saturated carbocycles. The summed E-state index contributed by atoms with van der Waals surface area (Å²) in [6, 6.07) is 53.3. The second-order valence-corrected chi connectivity index (χ2v) is 11.5. The van der Waals surface area contributed by atoms with Crippen LogP contribution in [-0.2, 0) is 5.41 Å². The number of fused-ring (bicyclic) bond motifs is 14. The summed E-state index contributed by atoms with van der Waals surface area (Å²) in [5.74, 6) is 0. The lowest BCUT2D eigenvalue weighted by molar-refractivity contribution is 0.754. The van der Waals surface area contributed by atoms with Crippen LogP contribution < -0.4 is 0 Å². The average Bonchev–Trinajstić information content (AvgIpc) is 3.56. The highest BCUT2D eigenvalue weighted by Crippen LogP contribution is 2.63. The minimum absolute atomic E-state index is 0.502. The number of rotatable bonds is 1. The van der Waals surface area contributed by atoms with E-state index in [1.54, 1.807) is 0 Å². The molecule has 0 N–H and O–H groups in total. The zero-order valence-corrected chi connectivity index (χ0v) is 22.8. The summed E-state index contributed by atoms with van der Waals surface area (Å²) in [5, 5.41) is 3.79. The molecule has 1 spiro atoms. The monoisotopic (exact) mass is 532 g/mol. The second-order valence-electron chi connectivity index (χ2n) is 11.5. The SMILES string of the molecule is c1ccc(-c2nc3ccccc3c3c2-c2ccccc2C32c3ccccc3-n3c4ccccc4c4cccc2c43)cc1. The highest BCUT2D eigenvalue weighted by Gasteiger charge is 2.52. The Balaban J connectivity index is 1.51. The van der Waals surface area contributed by atoms with E-state index in [-0.39, 0.29) is 0 Å².